The first-order valence-corrected chi connectivity index (χ1v) is 9.67. The number of benzene rings is 2. The van der Waals surface area contributed by atoms with Gasteiger partial charge in [-0.15, -0.1) is 0 Å². The van der Waals surface area contributed by atoms with Gasteiger partial charge in [0.1, 0.15) is 5.75 Å². The molecule has 0 saturated heterocycles. The Kier molecular flexibility index (Phi) is 5.55. The minimum absolute atomic E-state index is 0.137. The molecule has 10 nitrogen and oxygen atoms in total. The maximum atomic E-state index is 11.2. The molecule has 2 aromatic carbocycles. The molecule has 0 fully saturated rings. The Morgan fingerprint density at radius 1 is 1.00 bits per heavy atom. The number of hydrogen-bond acceptors (Lipinski definition) is 8. The highest BCUT2D eigenvalue weighted by Gasteiger charge is 2.39. The zero-order chi connectivity index (χ0) is 22.1. The molecule has 2 aliphatic heterocycles. The van der Waals surface area contributed by atoms with Crippen LogP contribution in [0.3, 0.4) is 0 Å². The van der Waals surface area contributed by atoms with Gasteiger partial charge in [0, 0.05) is 23.5 Å². The van der Waals surface area contributed by atoms with Crippen molar-refractivity contribution in [1.29, 1.82) is 0 Å². The van der Waals surface area contributed by atoms with Crippen molar-refractivity contribution in [3.8, 4) is 34.5 Å². The molecule has 31 heavy (non-hydrogen) atoms. The standard InChI is InChI=1S/C21H25N3O7/c1-10-18(11-5-16(26-2)19(28-4)17(6-11)27-3)12-7-14-15(30-9-29-14)8-13(12)31-20(10)23-24-21(22)25/h5-8,10,18,20,23H,9H2,1-4H3,(H3,22,24,25)/t10-,18-,20+/m1/s1. The molecule has 166 valence electrons. The second-order valence-electron chi connectivity index (χ2n) is 7.21. The number of primary amides is 1. The van der Waals surface area contributed by atoms with E-state index in [1.807, 2.05) is 25.1 Å². The van der Waals surface area contributed by atoms with Crippen molar-refractivity contribution in [3.63, 3.8) is 0 Å². The van der Waals surface area contributed by atoms with Crippen molar-refractivity contribution in [2.45, 2.75) is 19.1 Å². The number of hydrogen-bond donors (Lipinski definition) is 3. The van der Waals surface area contributed by atoms with E-state index in [1.165, 1.54) is 0 Å². The van der Waals surface area contributed by atoms with Crippen LogP contribution >= 0.6 is 0 Å². The Balaban J connectivity index is 1.84. The van der Waals surface area contributed by atoms with E-state index in [0.29, 0.717) is 34.5 Å². The fraction of sp³-hybridized carbons (Fsp3) is 0.381. The molecule has 0 radical (unpaired) electrons. The summed E-state index contributed by atoms with van der Waals surface area (Å²) in [5.41, 5.74) is 12.3. The molecular formula is C21H25N3O7. The quantitative estimate of drug-likeness (QED) is 0.595. The second-order valence-corrected chi connectivity index (χ2v) is 7.21. The zero-order valence-corrected chi connectivity index (χ0v) is 17.7. The van der Waals surface area contributed by atoms with Crippen LogP contribution in [-0.4, -0.2) is 40.4 Å². The van der Waals surface area contributed by atoms with Gasteiger partial charge in [-0.3, -0.25) is 5.43 Å². The van der Waals surface area contributed by atoms with Crippen molar-refractivity contribution in [1.82, 2.24) is 10.9 Å². The van der Waals surface area contributed by atoms with E-state index < -0.39 is 12.3 Å². The summed E-state index contributed by atoms with van der Waals surface area (Å²) in [6.07, 6.45) is -0.565. The van der Waals surface area contributed by atoms with Gasteiger partial charge in [-0.25, -0.2) is 4.79 Å². The van der Waals surface area contributed by atoms with Gasteiger partial charge in [0.25, 0.3) is 0 Å². The van der Waals surface area contributed by atoms with E-state index in [-0.39, 0.29) is 18.6 Å². The molecular weight excluding hydrogens is 406 g/mol. The SMILES string of the molecule is COc1cc([C@@H]2c3cc4c(cc3O[C@H](NNC(N)=O)[C@@H]2C)OCO4)cc(OC)c1OC. The molecule has 0 bridgehead atoms. The van der Waals surface area contributed by atoms with Crippen molar-refractivity contribution in [2.75, 3.05) is 28.1 Å². The molecule has 4 N–H and O–H groups in total. The Labute approximate surface area is 179 Å². The summed E-state index contributed by atoms with van der Waals surface area (Å²) < 4.78 is 33.8. The summed E-state index contributed by atoms with van der Waals surface area (Å²) in [6, 6.07) is 6.80. The number of fused-ring (bicyclic) bond motifs is 2. The molecule has 2 aromatic rings. The first-order chi connectivity index (χ1) is 15.0. The van der Waals surface area contributed by atoms with Crippen LogP contribution < -0.4 is 45.0 Å². The molecule has 0 aromatic heterocycles. The predicted octanol–water partition coefficient (Wildman–Crippen LogP) is 2.10. The van der Waals surface area contributed by atoms with Crippen LogP contribution in [0, 0.1) is 5.92 Å². The van der Waals surface area contributed by atoms with Crippen LogP contribution in [0.5, 0.6) is 34.5 Å². The summed E-state index contributed by atoms with van der Waals surface area (Å²) in [5.74, 6) is 3.12. The number of urea groups is 1. The van der Waals surface area contributed by atoms with E-state index in [1.54, 1.807) is 27.4 Å². The topological polar surface area (TPSA) is 123 Å². The molecule has 0 saturated carbocycles. The Morgan fingerprint density at radius 2 is 1.65 bits per heavy atom. The molecule has 10 heteroatoms. The van der Waals surface area contributed by atoms with Gasteiger partial charge in [-0.05, 0) is 23.8 Å². The number of methoxy groups -OCH3 is 3. The van der Waals surface area contributed by atoms with Crippen molar-refractivity contribution >= 4 is 6.03 Å². The second kappa shape index (κ2) is 8.31. The summed E-state index contributed by atoms with van der Waals surface area (Å²) in [4.78, 5) is 11.2. The van der Waals surface area contributed by atoms with E-state index in [0.717, 1.165) is 11.1 Å². The smallest absolute Gasteiger partial charge is 0.326 e. The molecule has 2 heterocycles. The fourth-order valence-corrected chi connectivity index (χ4v) is 4.05. The van der Waals surface area contributed by atoms with E-state index in [4.69, 9.17) is 34.2 Å². The van der Waals surface area contributed by atoms with Gasteiger partial charge in [0.15, 0.2) is 29.2 Å². The third-order valence-corrected chi connectivity index (χ3v) is 5.48. The number of carbonyl (C=O) groups excluding carboxylic acids is 1. The molecule has 4 rings (SSSR count). The van der Waals surface area contributed by atoms with Gasteiger partial charge < -0.3 is 34.2 Å². The van der Waals surface area contributed by atoms with E-state index >= 15 is 0 Å². The number of hydrazine groups is 1. The van der Waals surface area contributed by atoms with Crippen LogP contribution in [-0.2, 0) is 0 Å². The summed E-state index contributed by atoms with van der Waals surface area (Å²) in [7, 11) is 4.70. The van der Waals surface area contributed by atoms with Crippen molar-refractivity contribution in [3.05, 3.63) is 35.4 Å². The van der Waals surface area contributed by atoms with Gasteiger partial charge in [-0.1, -0.05) is 6.92 Å². The largest absolute Gasteiger partial charge is 0.493 e. The fourth-order valence-electron chi connectivity index (χ4n) is 4.05. The first kappa shape index (κ1) is 20.7. The normalized spacial score (nSPS) is 21.0. The highest BCUT2D eigenvalue weighted by atomic mass is 16.7. The molecule has 2 amide bonds. The highest BCUT2D eigenvalue weighted by molar-refractivity contribution is 5.71. The molecule has 0 unspecified atom stereocenters. The zero-order valence-electron chi connectivity index (χ0n) is 17.7. The number of carbonyl (C=O) groups is 1. The summed E-state index contributed by atoms with van der Waals surface area (Å²) >= 11 is 0. The van der Waals surface area contributed by atoms with Gasteiger partial charge >= 0.3 is 6.03 Å². The van der Waals surface area contributed by atoms with Crippen LogP contribution in [0.2, 0.25) is 0 Å². The molecule has 0 aliphatic carbocycles. The number of amides is 2. The number of ether oxygens (including phenoxy) is 6. The maximum absolute atomic E-state index is 11.2. The van der Waals surface area contributed by atoms with Crippen LogP contribution in [0.4, 0.5) is 4.79 Å². The number of nitrogens with one attached hydrogen (secondary N) is 2. The summed E-state index contributed by atoms with van der Waals surface area (Å²) in [6.45, 7) is 2.15. The monoisotopic (exact) mass is 431 g/mol. The van der Waals surface area contributed by atoms with Crippen molar-refractivity contribution < 1.29 is 33.2 Å². The number of nitrogens with two attached hydrogens (primary N) is 1. The Bertz CT molecular complexity index is 972. The van der Waals surface area contributed by atoms with Gasteiger partial charge in [0.05, 0.1) is 21.3 Å². The van der Waals surface area contributed by atoms with Crippen LogP contribution in [0.1, 0.15) is 24.0 Å². The van der Waals surface area contributed by atoms with Crippen LogP contribution in [0.25, 0.3) is 0 Å². The van der Waals surface area contributed by atoms with Crippen LogP contribution in [0.15, 0.2) is 24.3 Å². The van der Waals surface area contributed by atoms with E-state index in [2.05, 4.69) is 10.9 Å². The predicted molar refractivity (Wildman–Crippen MR) is 110 cm³/mol. The average Bonchev–Trinajstić information content (AvgIpc) is 3.22. The molecule has 2 aliphatic rings. The van der Waals surface area contributed by atoms with Gasteiger partial charge in [-0.2, -0.15) is 5.43 Å². The van der Waals surface area contributed by atoms with E-state index in [9.17, 15) is 4.79 Å². The third-order valence-electron chi connectivity index (χ3n) is 5.48. The van der Waals surface area contributed by atoms with Crippen molar-refractivity contribution in [2.24, 2.45) is 11.7 Å². The third kappa shape index (κ3) is 3.70. The number of rotatable bonds is 6. The molecule has 0 spiro atoms. The lowest BCUT2D eigenvalue weighted by atomic mass is 9.78. The minimum atomic E-state index is -0.711. The highest BCUT2D eigenvalue weighted by Crippen LogP contribution is 2.51. The maximum Gasteiger partial charge on any atom is 0.326 e. The molecule has 3 atom stereocenters. The Hall–Kier alpha value is -3.53. The summed E-state index contributed by atoms with van der Waals surface area (Å²) in [5, 5.41) is 0. The van der Waals surface area contributed by atoms with Gasteiger partial charge in [0.2, 0.25) is 12.5 Å². The average molecular weight is 431 g/mol. The lowest BCUT2D eigenvalue weighted by Crippen LogP contribution is -2.54. The lowest BCUT2D eigenvalue weighted by Gasteiger charge is -2.38. The minimum Gasteiger partial charge on any atom is -0.493 e. The first-order valence-electron chi connectivity index (χ1n) is 9.67. The Morgan fingerprint density at radius 3 is 2.23 bits per heavy atom. The lowest BCUT2D eigenvalue weighted by molar-refractivity contribution is 0.0691.